The number of hydrogen-bond donors (Lipinski definition) is 0. The summed E-state index contributed by atoms with van der Waals surface area (Å²) in [7, 11) is 0. The molecule has 0 bridgehead atoms. The molecular formula is C28H15BrN2O. The molecule has 0 atom stereocenters. The van der Waals surface area contributed by atoms with Crippen LogP contribution in [-0.4, -0.2) is 9.38 Å². The highest BCUT2D eigenvalue weighted by molar-refractivity contribution is 9.10. The zero-order chi connectivity index (χ0) is 21.4. The molecule has 5 aromatic carbocycles. The van der Waals surface area contributed by atoms with E-state index in [1.54, 1.807) is 4.40 Å². The molecule has 0 aliphatic carbocycles. The fourth-order valence-electron chi connectivity index (χ4n) is 4.87. The fourth-order valence-corrected chi connectivity index (χ4v) is 5.33. The molecule has 2 aromatic heterocycles. The van der Waals surface area contributed by atoms with Gasteiger partial charge in [0.25, 0.3) is 5.56 Å². The second-order valence-electron chi connectivity index (χ2n) is 8.16. The van der Waals surface area contributed by atoms with E-state index in [1.807, 2.05) is 36.4 Å². The number of rotatable bonds is 1. The molecule has 150 valence electrons. The Labute approximate surface area is 191 Å². The first-order valence-corrected chi connectivity index (χ1v) is 11.3. The number of imidazole rings is 1. The number of aromatic nitrogens is 2. The summed E-state index contributed by atoms with van der Waals surface area (Å²) < 4.78 is 2.75. The Kier molecular flexibility index (Phi) is 3.56. The first-order valence-electron chi connectivity index (χ1n) is 10.5. The molecule has 3 nitrogen and oxygen atoms in total. The van der Waals surface area contributed by atoms with E-state index in [-0.39, 0.29) is 5.56 Å². The third-order valence-corrected chi connectivity index (χ3v) is 7.09. The summed E-state index contributed by atoms with van der Waals surface area (Å²) in [6.45, 7) is 0. The number of halogens is 1. The Hall–Kier alpha value is -3.76. The molecule has 0 aliphatic heterocycles. The number of hydrogen-bond acceptors (Lipinski definition) is 2. The van der Waals surface area contributed by atoms with Crippen LogP contribution in [0.25, 0.3) is 60.1 Å². The van der Waals surface area contributed by atoms with E-state index in [4.69, 9.17) is 4.98 Å². The minimum atomic E-state index is -0.0330. The molecule has 7 rings (SSSR count). The quantitative estimate of drug-likeness (QED) is 0.252. The number of nitrogens with zero attached hydrogens (tertiary/aromatic N) is 2. The highest BCUT2D eigenvalue weighted by Gasteiger charge is 2.17. The van der Waals surface area contributed by atoms with Gasteiger partial charge >= 0.3 is 0 Å². The van der Waals surface area contributed by atoms with Crippen LogP contribution in [-0.2, 0) is 0 Å². The first kappa shape index (κ1) is 17.9. The van der Waals surface area contributed by atoms with Crippen molar-refractivity contribution in [1.82, 2.24) is 9.38 Å². The molecule has 32 heavy (non-hydrogen) atoms. The molecule has 0 unspecified atom stereocenters. The third-order valence-electron chi connectivity index (χ3n) is 6.40. The number of pyridine rings is 1. The van der Waals surface area contributed by atoms with Gasteiger partial charge in [-0.25, -0.2) is 4.98 Å². The van der Waals surface area contributed by atoms with E-state index in [0.717, 1.165) is 42.8 Å². The average molecular weight is 475 g/mol. The lowest BCUT2D eigenvalue weighted by Gasteiger charge is -2.08. The molecule has 0 N–H and O–H groups in total. The molecule has 0 saturated carbocycles. The number of benzene rings is 5. The summed E-state index contributed by atoms with van der Waals surface area (Å²) in [5, 5.41) is 6.10. The molecule has 0 saturated heterocycles. The van der Waals surface area contributed by atoms with Crippen molar-refractivity contribution >= 4 is 64.9 Å². The fraction of sp³-hybridized carbons (Fsp3) is 0. The maximum Gasteiger partial charge on any atom is 0.264 e. The molecular weight excluding hydrogens is 460 g/mol. The highest BCUT2D eigenvalue weighted by Crippen LogP contribution is 2.34. The molecule has 7 aromatic rings. The molecule has 0 aliphatic rings. The van der Waals surface area contributed by atoms with Gasteiger partial charge in [0.2, 0.25) is 0 Å². The van der Waals surface area contributed by atoms with Crippen molar-refractivity contribution in [3.8, 4) is 11.1 Å². The van der Waals surface area contributed by atoms with E-state index >= 15 is 0 Å². The second kappa shape index (κ2) is 6.38. The van der Waals surface area contributed by atoms with Crippen molar-refractivity contribution in [2.24, 2.45) is 0 Å². The van der Waals surface area contributed by atoms with Crippen molar-refractivity contribution in [3.63, 3.8) is 0 Å². The van der Waals surface area contributed by atoms with E-state index in [2.05, 4.69) is 70.5 Å². The van der Waals surface area contributed by atoms with Gasteiger partial charge in [0.1, 0.15) is 5.65 Å². The Morgan fingerprint density at radius 3 is 2.38 bits per heavy atom. The molecule has 0 radical (unpaired) electrons. The summed E-state index contributed by atoms with van der Waals surface area (Å²) in [6.07, 6.45) is 0. The first-order chi connectivity index (χ1) is 15.7. The number of fused-ring (bicyclic) bond motifs is 5. The minimum absolute atomic E-state index is 0.0330. The monoisotopic (exact) mass is 474 g/mol. The average Bonchev–Trinajstić information content (AvgIpc) is 3.22. The van der Waals surface area contributed by atoms with Gasteiger partial charge in [0, 0.05) is 20.6 Å². The smallest absolute Gasteiger partial charge is 0.264 e. The minimum Gasteiger partial charge on any atom is -0.268 e. The van der Waals surface area contributed by atoms with Crippen molar-refractivity contribution in [3.05, 3.63) is 106 Å². The Morgan fingerprint density at radius 1 is 0.688 bits per heavy atom. The van der Waals surface area contributed by atoms with Gasteiger partial charge in [0.05, 0.1) is 11.0 Å². The van der Waals surface area contributed by atoms with Gasteiger partial charge in [-0.15, -0.1) is 0 Å². The van der Waals surface area contributed by atoms with Crippen LogP contribution < -0.4 is 5.56 Å². The summed E-state index contributed by atoms with van der Waals surface area (Å²) in [5.74, 6) is 0. The van der Waals surface area contributed by atoms with Crippen LogP contribution in [0.4, 0.5) is 0 Å². The van der Waals surface area contributed by atoms with E-state index < -0.39 is 0 Å². The topological polar surface area (TPSA) is 34.4 Å². The molecule has 0 amide bonds. The largest absolute Gasteiger partial charge is 0.268 e. The van der Waals surface area contributed by atoms with Gasteiger partial charge in [-0.2, -0.15) is 0 Å². The van der Waals surface area contributed by atoms with Gasteiger partial charge in [-0.1, -0.05) is 76.6 Å². The zero-order valence-corrected chi connectivity index (χ0v) is 18.4. The molecule has 0 fully saturated rings. The Balaban J connectivity index is 1.58. The Morgan fingerprint density at radius 2 is 1.47 bits per heavy atom. The van der Waals surface area contributed by atoms with Crippen LogP contribution in [0.5, 0.6) is 0 Å². The van der Waals surface area contributed by atoms with E-state index in [9.17, 15) is 4.79 Å². The van der Waals surface area contributed by atoms with Crippen LogP contribution in [0.15, 0.2) is 100 Å². The summed E-state index contributed by atoms with van der Waals surface area (Å²) >= 11 is 3.63. The van der Waals surface area contributed by atoms with E-state index in [1.165, 1.54) is 10.8 Å². The Bertz CT molecular complexity index is 1920. The van der Waals surface area contributed by atoms with Gasteiger partial charge in [-0.3, -0.25) is 9.20 Å². The SMILES string of the molecule is O=c1c2ccc(Br)c3cccc(c32)c2nc3ccc(-c4ccc5ccccc5c4)cc3n12. The normalized spacial score (nSPS) is 12.0. The van der Waals surface area contributed by atoms with Crippen LogP contribution in [0.2, 0.25) is 0 Å². The van der Waals surface area contributed by atoms with Crippen molar-refractivity contribution in [2.45, 2.75) is 0 Å². The van der Waals surface area contributed by atoms with Crippen LogP contribution in [0.1, 0.15) is 0 Å². The predicted molar refractivity (Wildman–Crippen MR) is 136 cm³/mol. The second-order valence-corrected chi connectivity index (χ2v) is 9.02. The van der Waals surface area contributed by atoms with Crippen molar-refractivity contribution < 1.29 is 0 Å². The standard InChI is InChI=1S/C28H15BrN2O/c29-23-12-11-22-26-20(23)6-3-7-21(26)27-30-24-13-10-19(15-25(24)31(27)28(22)32)18-9-8-16-4-1-2-5-17(16)14-18/h1-15H. The lowest BCUT2D eigenvalue weighted by molar-refractivity contribution is 1.19. The van der Waals surface area contributed by atoms with Crippen LogP contribution in [0, 0.1) is 0 Å². The van der Waals surface area contributed by atoms with Crippen molar-refractivity contribution in [2.75, 3.05) is 0 Å². The van der Waals surface area contributed by atoms with Crippen LogP contribution >= 0.6 is 15.9 Å². The van der Waals surface area contributed by atoms with Gasteiger partial charge < -0.3 is 0 Å². The maximum absolute atomic E-state index is 13.6. The van der Waals surface area contributed by atoms with E-state index in [0.29, 0.717) is 11.0 Å². The third kappa shape index (κ3) is 2.36. The molecule has 0 spiro atoms. The van der Waals surface area contributed by atoms with Gasteiger partial charge in [-0.05, 0) is 57.6 Å². The zero-order valence-electron chi connectivity index (χ0n) is 16.8. The highest BCUT2D eigenvalue weighted by atomic mass is 79.9. The summed E-state index contributed by atoms with van der Waals surface area (Å²) in [6, 6.07) is 30.9. The predicted octanol–water partition coefficient (Wildman–Crippen LogP) is 7.17. The van der Waals surface area contributed by atoms with Crippen molar-refractivity contribution in [1.29, 1.82) is 0 Å². The molecule has 4 heteroatoms. The lowest BCUT2D eigenvalue weighted by Crippen LogP contribution is -2.13. The molecule has 2 heterocycles. The lowest BCUT2D eigenvalue weighted by atomic mass is 10.0. The summed E-state index contributed by atoms with van der Waals surface area (Å²) in [4.78, 5) is 18.5. The van der Waals surface area contributed by atoms with Crippen LogP contribution in [0.3, 0.4) is 0 Å². The summed E-state index contributed by atoms with van der Waals surface area (Å²) in [5.41, 5.74) is 4.52. The maximum atomic E-state index is 13.6. The van der Waals surface area contributed by atoms with Gasteiger partial charge in [0.15, 0.2) is 0 Å².